The van der Waals surface area contributed by atoms with Gasteiger partial charge in [0.25, 0.3) is 5.91 Å². The fourth-order valence-electron chi connectivity index (χ4n) is 3.45. The summed E-state index contributed by atoms with van der Waals surface area (Å²) in [6, 6.07) is 7.91. The average Bonchev–Trinajstić information content (AvgIpc) is 3.23. The molecule has 23 heavy (non-hydrogen) atoms. The van der Waals surface area contributed by atoms with Crippen molar-refractivity contribution in [3.63, 3.8) is 0 Å². The molecule has 1 N–H and O–H groups in total. The summed E-state index contributed by atoms with van der Waals surface area (Å²) in [7, 11) is 0. The minimum atomic E-state index is -0.149. The van der Waals surface area contributed by atoms with E-state index in [9.17, 15) is 4.79 Å². The number of carbonyl (C=O) groups is 1. The molecule has 5 nitrogen and oxygen atoms in total. The molecule has 1 atom stereocenters. The van der Waals surface area contributed by atoms with Crippen LogP contribution in [-0.2, 0) is 9.47 Å². The second-order valence-electron chi connectivity index (χ2n) is 6.18. The molecule has 1 unspecified atom stereocenters. The number of hydrogen-bond donors (Lipinski definition) is 1. The Kier molecular flexibility index (Phi) is 4.13. The third-order valence-electron chi connectivity index (χ3n) is 4.59. The number of nitrogens with one attached hydrogen (secondary N) is 1. The van der Waals surface area contributed by atoms with Gasteiger partial charge in [0.05, 0.1) is 13.2 Å². The Hall–Kier alpha value is -1.37. The number of carbonyl (C=O) groups excluding carboxylic acids is 1. The fourth-order valence-corrected chi connectivity index (χ4v) is 3.81. The lowest BCUT2D eigenvalue weighted by molar-refractivity contribution is -0.0969. The molecule has 2 aliphatic heterocycles. The molecule has 0 saturated carbocycles. The summed E-state index contributed by atoms with van der Waals surface area (Å²) in [6.45, 7) is 2.81. The van der Waals surface area contributed by atoms with Crippen molar-refractivity contribution in [1.82, 2.24) is 9.88 Å². The number of likely N-dealkylation sites (tertiary alicyclic amines) is 1. The van der Waals surface area contributed by atoms with Crippen molar-refractivity contribution in [2.45, 2.75) is 19.1 Å². The highest BCUT2D eigenvalue weighted by Gasteiger charge is 2.33. The second-order valence-corrected chi connectivity index (χ2v) is 7.09. The van der Waals surface area contributed by atoms with Crippen LogP contribution in [0, 0.1) is 5.92 Å². The molecular formula is C17H19BrN2O3. The second kappa shape index (κ2) is 6.26. The summed E-state index contributed by atoms with van der Waals surface area (Å²) in [5.41, 5.74) is 1.62. The van der Waals surface area contributed by atoms with Crippen molar-refractivity contribution < 1.29 is 14.3 Å². The number of aromatic nitrogens is 1. The predicted molar refractivity (Wildman–Crippen MR) is 90.3 cm³/mol. The number of fused-ring (bicyclic) bond motifs is 1. The quantitative estimate of drug-likeness (QED) is 0.872. The largest absolute Gasteiger partial charge is 0.350 e. The van der Waals surface area contributed by atoms with Gasteiger partial charge < -0.3 is 19.4 Å². The zero-order chi connectivity index (χ0) is 15.8. The van der Waals surface area contributed by atoms with Gasteiger partial charge in [0, 0.05) is 34.4 Å². The number of benzene rings is 1. The number of H-pyrrole nitrogens is 1. The van der Waals surface area contributed by atoms with Gasteiger partial charge in [0.15, 0.2) is 6.29 Å². The normalized spacial score (nSPS) is 22.8. The molecule has 0 bridgehead atoms. The Morgan fingerprint density at radius 1 is 1.26 bits per heavy atom. The zero-order valence-electron chi connectivity index (χ0n) is 12.8. The number of piperidine rings is 1. The van der Waals surface area contributed by atoms with Crippen LogP contribution >= 0.6 is 15.9 Å². The van der Waals surface area contributed by atoms with Gasteiger partial charge in [-0.2, -0.15) is 0 Å². The summed E-state index contributed by atoms with van der Waals surface area (Å²) >= 11 is 3.46. The van der Waals surface area contributed by atoms with Crippen molar-refractivity contribution >= 4 is 32.7 Å². The van der Waals surface area contributed by atoms with Crippen LogP contribution in [0.25, 0.3) is 10.9 Å². The third-order valence-corrected chi connectivity index (χ3v) is 5.09. The molecule has 1 amide bonds. The van der Waals surface area contributed by atoms with Crippen molar-refractivity contribution in [3.8, 4) is 0 Å². The topological polar surface area (TPSA) is 54.6 Å². The smallest absolute Gasteiger partial charge is 0.270 e. The van der Waals surface area contributed by atoms with Gasteiger partial charge in [-0.25, -0.2) is 0 Å². The lowest BCUT2D eigenvalue weighted by atomic mass is 9.97. The number of halogens is 1. The van der Waals surface area contributed by atoms with Gasteiger partial charge in [-0.15, -0.1) is 0 Å². The summed E-state index contributed by atoms with van der Waals surface area (Å²) in [5.74, 6) is 0.328. The van der Waals surface area contributed by atoms with Crippen molar-refractivity contribution in [2.75, 3.05) is 26.3 Å². The Balaban J connectivity index is 1.52. The van der Waals surface area contributed by atoms with Crippen LogP contribution in [0.4, 0.5) is 0 Å². The molecule has 6 heteroatoms. The Bertz CT molecular complexity index is 724. The predicted octanol–water partition coefficient (Wildman–Crippen LogP) is 3.16. The van der Waals surface area contributed by atoms with E-state index in [-0.39, 0.29) is 18.1 Å². The molecular weight excluding hydrogens is 360 g/mol. The first-order valence-electron chi connectivity index (χ1n) is 8.01. The Morgan fingerprint density at radius 2 is 2.09 bits per heavy atom. The van der Waals surface area contributed by atoms with Crippen LogP contribution in [-0.4, -0.2) is 48.4 Å². The van der Waals surface area contributed by atoms with Crippen LogP contribution in [0.1, 0.15) is 23.3 Å². The first-order chi connectivity index (χ1) is 11.2. The highest BCUT2D eigenvalue weighted by Crippen LogP contribution is 2.27. The number of rotatable bonds is 2. The number of nitrogens with zero attached hydrogens (tertiary/aromatic N) is 1. The third kappa shape index (κ3) is 3.03. The number of ether oxygens (including phenoxy) is 2. The van der Waals surface area contributed by atoms with Gasteiger partial charge in [-0.3, -0.25) is 4.79 Å². The molecule has 2 saturated heterocycles. The summed E-state index contributed by atoms with van der Waals surface area (Å²) in [5, 5.41) is 1.05. The highest BCUT2D eigenvalue weighted by atomic mass is 79.9. The first-order valence-corrected chi connectivity index (χ1v) is 8.81. The summed E-state index contributed by atoms with van der Waals surface area (Å²) in [4.78, 5) is 18.0. The monoisotopic (exact) mass is 378 g/mol. The van der Waals surface area contributed by atoms with Crippen LogP contribution in [0.3, 0.4) is 0 Å². The number of hydrogen-bond acceptors (Lipinski definition) is 3. The molecule has 2 fully saturated rings. The standard InChI is InChI=1S/C17H19BrN2O3/c18-13-4-3-11-8-15(19-14(11)9-13)16(21)20-5-1-2-12(10-20)17-22-6-7-23-17/h3-4,8-9,12,17,19H,1-2,5-7,10H2. The van der Waals surface area contributed by atoms with Gasteiger partial charge in [-0.05, 0) is 31.0 Å². The van der Waals surface area contributed by atoms with E-state index in [0.717, 1.165) is 34.8 Å². The van der Waals surface area contributed by atoms with E-state index >= 15 is 0 Å². The van der Waals surface area contributed by atoms with Crippen LogP contribution < -0.4 is 0 Å². The molecule has 0 radical (unpaired) electrons. The Labute approximate surface area is 143 Å². The molecule has 2 aliphatic rings. The molecule has 1 aromatic carbocycles. The zero-order valence-corrected chi connectivity index (χ0v) is 14.3. The van der Waals surface area contributed by atoms with Crippen molar-refractivity contribution in [2.24, 2.45) is 5.92 Å². The van der Waals surface area contributed by atoms with E-state index < -0.39 is 0 Å². The maximum Gasteiger partial charge on any atom is 0.270 e. The van der Waals surface area contributed by atoms with E-state index in [1.54, 1.807) is 0 Å². The van der Waals surface area contributed by atoms with Crippen LogP contribution in [0.15, 0.2) is 28.7 Å². The fraction of sp³-hybridized carbons (Fsp3) is 0.471. The molecule has 1 aromatic heterocycles. The van der Waals surface area contributed by atoms with Gasteiger partial charge in [0.2, 0.25) is 0 Å². The summed E-state index contributed by atoms with van der Waals surface area (Å²) in [6.07, 6.45) is 1.89. The molecule has 0 spiro atoms. The van der Waals surface area contributed by atoms with Crippen molar-refractivity contribution in [3.05, 3.63) is 34.4 Å². The van der Waals surface area contributed by atoms with E-state index in [1.807, 2.05) is 29.2 Å². The average molecular weight is 379 g/mol. The maximum absolute atomic E-state index is 12.8. The molecule has 122 valence electrons. The molecule has 4 rings (SSSR count). The number of aromatic amines is 1. The lowest BCUT2D eigenvalue weighted by Crippen LogP contribution is -2.43. The molecule has 0 aliphatic carbocycles. The molecule has 2 aromatic rings. The minimum Gasteiger partial charge on any atom is -0.350 e. The van der Waals surface area contributed by atoms with Crippen LogP contribution in [0.5, 0.6) is 0 Å². The Morgan fingerprint density at radius 3 is 2.91 bits per heavy atom. The maximum atomic E-state index is 12.8. The van der Waals surface area contributed by atoms with E-state index in [1.165, 1.54) is 0 Å². The minimum absolute atomic E-state index is 0.0556. The van der Waals surface area contributed by atoms with Gasteiger partial charge >= 0.3 is 0 Å². The van der Waals surface area contributed by atoms with Crippen molar-refractivity contribution in [1.29, 1.82) is 0 Å². The highest BCUT2D eigenvalue weighted by molar-refractivity contribution is 9.10. The first kappa shape index (κ1) is 15.2. The van der Waals surface area contributed by atoms with Gasteiger partial charge in [0.1, 0.15) is 5.69 Å². The lowest BCUT2D eigenvalue weighted by Gasteiger charge is -2.34. The molecule has 3 heterocycles. The SMILES string of the molecule is O=C(c1cc2ccc(Br)cc2[nH]1)N1CCCC(C2OCCO2)C1. The number of amides is 1. The van der Waals surface area contributed by atoms with Crippen LogP contribution in [0.2, 0.25) is 0 Å². The summed E-state index contributed by atoms with van der Waals surface area (Å²) < 4.78 is 12.2. The van der Waals surface area contributed by atoms with E-state index in [4.69, 9.17) is 9.47 Å². The van der Waals surface area contributed by atoms with Gasteiger partial charge in [-0.1, -0.05) is 22.0 Å². The van der Waals surface area contributed by atoms with E-state index in [0.29, 0.717) is 25.5 Å². The van der Waals surface area contributed by atoms with E-state index in [2.05, 4.69) is 20.9 Å².